The van der Waals surface area contributed by atoms with Crippen LogP contribution in [0.3, 0.4) is 0 Å². The van der Waals surface area contributed by atoms with Gasteiger partial charge in [0, 0.05) is 12.2 Å². The molecule has 0 bridgehead atoms. The molecular weight excluding hydrogens is 428 g/mol. The van der Waals surface area contributed by atoms with Gasteiger partial charge in [0.25, 0.3) is 0 Å². The molecule has 0 radical (unpaired) electrons. The van der Waals surface area contributed by atoms with Crippen LogP contribution in [0.4, 0.5) is 4.79 Å². The molecule has 32 heavy (non-hydrogen) atoms. The number of esters is 1. The summed E-state index contributed by atoms with van der Waals surface area (Å²) < 4.78 is 12.0. The maximum Gasteiger partial charge on any atom is 0.338 e. The van der Waals surface area contributed by atoms with Crippen LogP contribution in [0.15, 0.2) is 58.3 Å². The van der Waals surface area contributed by atoms with Crippen molar-refractivity contribution in [2.45, 2.75) is 31.8 Å². The van der Waals surface area contributed by atoms with Gasteiger partial charge in [-0.3, -0.25) is 4.90 Å². The molecule has 2 aliphatic rings. The SMILES string of the molecule is CCOC(=O)C1=C(CN2CCC[C@H]2c2nc3ccccc3s2)NC(=O)N[C@@H]1c1ccco1. The minimum absolute atomic E-state index is 0.136. The van der Waals surface area contributed by atoms with Crippen molar-refractivity contribution in [1.82, 2.24) is 20.5 Å². The van der Waals surface area contributed by atoms with Crippen LogP contribution in [-0.2, 0) is 9.53 Å². The van der Waals surface area contributed by atoms with E-state index in [9.17, 15) is 9.59 Å². The average Bonchev–Trinajstić information content (AvgIpc) is 3.53. The van der Waals surface area contributed by atoms with Gasteiger partial charge in [-0.25, -0.2) is 14.6 Å². The molecule has 0 unspecified atom stereocenters. The van der Waals surface area contributed by atoms with E-state index in [1.165, 1.54) is 6.26 Å². The van der Waals surface area contributed by atoms with Crippen molar-refractivity contribution < 1.29 is 18.7 Å². The summed E-state index contributed by atoms with van der Waals surface area (Å²) >= 11 is 1.70. The van der Waals surface area contributed by atoms with Gasteiger partial charge < -0.3 is 19.8 Å². The maximum atomic E-state index is 12.9. The molecule has 0 aliphatic carbocycles. The summed E-state index contributed by atoms with van der Waals surface area (Å²) in [4.78, 5) is 32.5. The van der Waals surface area contributed by atoms with Gasteiger partial charge in [0.2, 0.25) is 0 Å². The van der Waals surface area contributed by atoms with E-state index in [4.69, 9.17) is 14.1 Å². The second kappa shape index (κ2) is 8.76. The van der Waals surface area contributed by atoms with Crippen molar-refractivity contribution >= 4 is 33.6 Å². The second-order valence-electron chi connectivity index (χ2n) is 7.81. The zero-order chi connectivity index (χ0) is 22.1. The van der Waals surface area contributed by atoms with Crippen molar-refractivity contribution in [2.75, 3.05) is 19.7 Å². The first-order chi connectivity index (χ1) is 15.6. The Labute approximate surface area is 189 Å². The fourth-order valence-corrected chi connectivity index (χ4v) is 5.53. The number of rotatable bonds is 6. The number of nitrogens with zero attached hydrogens (tertiary/aromatic N) is 2. The highest BCUT2D eigenvalue weighted by atomic mass is 32.1. The predicted octanol–water partition coefficient (Wildman–Crippen LogP) is 3.90. The predicted molar refractivity (Wildman–Crippen MR) is 120 cm³/mol. The number of hydrogen-bond donors (Lipinski definition) is 2. The minimum atomic E-state index is -0.698. The Balaban J connectivity index is 1.49. The first-order valence-corrected chi connectivity index (χ1v) is 11.6. The lowest BCUT2D eigenvalue weighted by atomic mass is 9.99. The number of carbonyl (C=O) groups excluding carboxylic acids is 2. The quantitative estimate of drug-likeness (QED) is 0.551. The summed E-state index contributed by atoms with van der Waals surface area (Å²) in [5.41, 5.74) is 1.91. The molecule has 2 N–H and O–H groups in total. The van der Waals surface area contributed by atoms with E-state index in [0.29, 0.717) is 23.6 Å². The number of thiazole rings is 1. The standard InChI is InChI=1S/C23H24N4O4S/c1-2-30-22(28)19-15(25-23(29)26-20(19)17-9-6-12-31-17)13-27-11-5-8-16(27)21-24-14-7-3-4-10-18(14)32-21/h3-4,6-7,9-10,12,16,20H,2,5,8,11,13H2,1H3,(H2,25,26,29)/t16-,20+/m0/s1. The fraction of sp³-hybridized carbons (Fsp3) is 0.348. The smallest absolute Gasteiger partial charge is 0.338 e. The molecule has 9 heteroatoms. The van der Waals surface area contributed by atoms with E-state index in [1.807, 2.05) is 18.2 Å². The number of likely N-dealkylation sites (tertiary alicyclic amines) is 1. The van der Waals surface area contributed by atoms with Crippen LogP contribution in [0, 0.1) is 0 Å². The molecule has 3 aromatic rings. The topological polar surface area (TPSA) is 96.7 Å². The third-order valence-electron chi connectivity index (χ3n) is 5.80. The summed E-state index contributed by atoms with van der Waals surface area (Å²) in [6.07, 6.45) is 3.53. The number of urea groups is 1. The van der Waals surface area contributed by atoms with Gasteiger partial charge in [-0.15, -0.1) is 11.3 Å². The fourth-order valence-electron chi connectivity index (χ4n) is 4.39. The Morgan fingerprint density at radius 2 is 2.19 bits per heavy atom. The highest BCUT2D eigenvalue weighted by Gasteiger charge is 2.37. The lowest BCUT2D eigenvalue weighted by Gasteiger charge is -2.31. The van der Waals surface area contributed by atoms with Crippen molar-refractivity contribution in [3.05, 3.63) is 64.7 Å². The summed E-state index contributed by atoms with van der Waals surface area (Å²) in [6.45, 7) is 3.28. The molecule has 0 spiro atoms. The van der Waals surface area contributed by atoms with Crippen LogP contribution in [0.25, 0.3) is 10.2 Å². The monoisotopic (exact) mass is 452 g/mol. The van der Waals surface area contributed by atoms with Crippen LogP contribution in [0.1, 0.15) is 42.6 Å². The molecule has 1 saturated heterocycles. The van der Waals surface area contributed by atoms with Crippen molar-refractivity contribution in [1.29, 1.82) is 0 Å². The molecule has 1 fully saturated rings. The zero-order valence-electron chi connectivity index (χ0n) is 17.7. The van der Waals surface area contributed by atoms with Crippen LogP contribution in [0.2, 0.25) is 0 Å². The van der Waals surface area contributed by atoms with Gasteiger partial charge in [-0.2, -0.15) is 0 Å². The number of nitrogens with one attached hydrogen (secondary N) is 2. The zero-order valence-corrected chi connectivity index (χ0v) is 18.5. The van der Waals surface area contributed by atoms with Gasteiger partial charge in [-0.05, 0) is 50.6 Å². The molecule has 0 saturated carbocycles. The summed E-state index contributed by atoms with van der Waals surface area (Å²) in [5, 5.41) is 6.70. The molecule has 166 valence electrons. The summed E-state index contributed by atoms with van der Waals surface area (Å²) in [7, 11) is 0. The first-order valence-electron chi connectivity index (χ1n) is 10.7. The van der Waals surface area contributed by atoms with Crippen molar-refractivity contribution in [3.63, 3.8) is 0 Å². The molecule has 8 nitrogen and oxygen atoms in total. The molecule has 2 aromatic heterocycles. The van der Waals surface area contributed by atoms with Crippen molar-refractivity contribution in [3.8, 4) is 0 Å². The molecule has 5 rings (SSSR count). The van der Waals surface area contributed by atoms with Crippen molar-refractivity contribution in [2.24, 2.45) is 0 Å². The van der Waals surface area contributed by atoms with Crippen LogP contribution in [0.5, 0.6) is 0 Å². The third kappa shape index (κ3) is 3.89. The largest absolute Gasteiger partial charge is 0.467 e. The molecule has 2 atom stereocenters. The molecule has 4 heterocycles. The van der Waals surface area contributed by atoms with Gasteiger partial charge in [-0.1, -0.05) is 12.1 Å². The Morgan fingerprint density at radius 3 is 2.97 bits per heavy atom. The van der Waals surface area contributed by atoms with Gasteiger partial charge in [0.15, 0.2) is 0 Å². The van der Waals surface area contributed by atoms with Crippen LogP contribution >= 0.6 is 11.3 Å². The van der Waals surface area contributed by atoms with E-state index in [0.717, 1.165) is 34.6 Å². The Morgan fingerprint density at radius 1 is 1.31 bits per heavy atom. The van der Waals surface area contributed by atoms with Crippen LogP contribution in [-0.4, -0.2) is 41.6 Å². The number of aromatic nitrogens is 1. The lowest BCUT2D eigenvalue weighted by molar-refractivity contribution is -0.139. The molecule has 2 aliphatic heterocycles. The van der Waals surface area contributed by atoms with E-state index >= 15 is 0 Å². The molecule has 1 aromatic carbocycles. The second-order valence-corrected chi connectivity index (χ2v) is 8.87. The lowest BCUT2D eigenvalue weighted by Crippen LogP contribution is -2.48. The maximum absolute atomic E-state index is 12.9. The van der Waals surface area contributed by atoms with E-state index in [1.54, 1.807) is 30.4 Å². The number of fused-ring (bicyclic) bond motifs is 1. The minimum Gasteiger partial charge on any atom is -0.467 e. The van der Waals surface area contributed by atoms with Gasteiger partial charge >= 0.3 is 12.0 Å². The van der Waals surface area contributed by atoms with Gasteiger partial charge in [0.1, 0.15) is 16.8 Å². The summed E-state index contributed by atoms with van der Waals surface area (Å²) in [6, 6.07) is 10.7. The van der Waals surface area contributed by atoms with Gasteiger partial charge in [0.05, 0.1) is 34.7 Å². The number of para-hydroxylation sites is 1. The first kappa shape index (κ1) is 20.7. The third-order valence-corrected chi connectivity index (χ3v) is 6.93. The average molecular weight is 453 g/mol. The number of ether oxygens (including phenoxy) is 1. The highest BCUT2D eigenvalue weighted by Crippen LogP contribution is 2.37. The number of hydrogen-bond acceptors (Lipinski definition) is 7. The Kier molecular flexibility index (Phi) is 5.67. The Bertz CT molecular complexity index is 1140. The van der Waals surface area contributed by atoms with E-state index < -0.39 is 12.0 Å². The number of furan rings is 1. The number of carbonyl (C=O) groups is 2. The normalized spacial score (nSPS) is 21.6. The molecule has 2 amide bonds. The number of benzene rings is 1. The van der Waals surface area contributed by atoms with Crippen LogP contribution < -0.4 is 10.6 Å². The van der Waals surface area contributed by atoms with E-state index in [-0.39, 0.29) is 18.7 Å². The summed E-state index contributed by atoms with van der Waals surface area (Å²) in [5.74, 6) is 0.0247. The highest BCUT2D eigenvalue weighted by molar-refractivity contribution is 7.18. The molecular formula is C23H24N4O4S. The number of amides is 2. The Hall–Kier alpha value is -3.17. The van der Waals surface area contributed by atoms with E-state index in [2.05, 4.69) is 21.6 Å².